The molecule has 0 unspecified atom stereocenters. The molecule has 0 spiro atoms. The first-order chi connectivity index (χ1) is 6.02. The lowest BCUT2D eigenvalue weighted by Gasteiger charge is -2.42. The average Bonchev–Trinajstić information content (AvgIpc) is 2.05. The summed E-state index contributed by atoms with van der Waals surface area (Å²) in [5.74, 6) is -0.709. The molecule has 0 aliphatic carbocycles. The van der Waals surface area contributed by atoms with E-state index in [1.807, 2.05) is 14.1 Å². The Hall–Kier alpha value is -0.610. The number of likely N-dealkylation sites (N-methyl/N-ethyl adjacent to an activating group) is 2. The summed E-state index contributed by atoms with van der Waals surface area (Å²) in [5, 5.41) is 8.74. The molecule has 1 rings (SSSR count). The van der Waals surface area contributed by atoms with Crippen LogP contribution in [-0.4, -0.2) is 60.1 Å². The summed E-state index contributed by atoms with van der Waals surface area (Å²) >= 11 is 0. The van der Waals surface area contributed by atoms with Gasteiger partial charge in [0.25, 0.3) is 0 Å². The second-order valence-electron chi connectivity index (χ2n) is 3.87. The Morgan fingerprint density at radius 1 is 1.38 bits per heavy atom. The van der Waals surface area contributed by atoms with E-state index in [9.17, 15) is 4.79 Å². The molecule has 0 radical (unpaired) electrons. The van der Waals surface area contributed by atoms with Gasteiger partial charge in [-0.3, -0.25) is 4.79 Å². The maximum Gasteiger partial charge on any atom is 0.304 e. The van der Waals surface area contributed by atoms with Crippen LogP contribution in [0.2, 0.25) is 0 Å². The van der Waals surface area contributed by atoms with Gasteiger partial charge in [-0.1, -0.05) is 0 Å². The number of hydrogen-bond donors (Lipinski definition) is 1. The minimum absolute atomic E-state index is 0.149. The number of rotatable bonds is 2. The van der Waals surface area contributed by atoms with E-state index in [2.05, 4.69) is 16.7 Å². The quantitative estimate of drug-likeness (QED) is 0.664. The molecule has 0 aromatic rings. The molecule has 4 nitrogen and oxygen atoms in total. The Labute approximate surface area is 79.1 Å². The largest absolute Gasteiger partial charge is 0.481 e. The second kappa shape index (κ2) is 4.07. The molecule has 4 heteroatoms. The number of carboxylic acids is 1. The van der Waals surface area contributed by atoms with Crippen LogP contribution in [0.25, 0.3) is 0 Å². The zero-order chi connectivity index (χ0) is 10.0. The van der Waals surface area contributed by atoms with E-state index in [1.54, 1.807) is 0 Å². The van der Waals surface area contributed by atoms with Gasteiger partial charge in [0, 0.05) is 25.2 Å². The van der Waals surface area contributed by atoms with Crippen LogP contribution < -0.4 is 0 Å². The molecule has 76 valence electrons. The molecule has 0 amide bonds. The summed E-state index contributed by atoms with van der Waals surface area (Å²) in [6.07, 6.45) is 0.238. The van der Waals surface area contributed by atoms with Gasteiger partial charge in [-0.25, -0.2) is 0 Å². The molecule has 1 heterocycles. The molecule has 0 saturated carbocycles. The van der Waals surface area contributed by atoms with Crippen molar-refractivity contribution in [1.82, 2.24) is 9.80 Å². The fourth-order valence-corrected chi connectivity index (χ4v) is 1.85. The molecule has 1 fully saturated rings. The van der Waals surface area contributed by atoms with Crippen LogP contribution in [0.4, 0.5) is 0 Å². The number of hydrogen-bond acceptors (Lipinski definition) is 3. The summed E-state index contributed by atoms with van der Waals surface area (Å²) in [6.45, 7) is 4.07. The lowest BCUT2D eigenvalue weighted by molar-refractivity contribution is -0.139. The molecule has 0 bridgehead atoms. The maximum atomic E-state index is 10.6. The zero-order valence-corrected chi connectivity index (χ0v) is 8.53. The molecule has 0 aromatic carbocycles. The second-order valence-corrected chi connectivity index (χ2v) is 3.87. The predicted molar refractivity (Wildman–Crippen MR) is 50.8 cm³/mol. The third kappa shape index (κ3) is 2.42. The highest BCUT2D eigenvalue weighted by Crippen LogP contribution is 2.16. The first-order valence-electron chi connectivity index (χ1n) is 4.64. The highest BCUT2D eigenvalue weighted by molar-refractivity contribution is 5.67. The van der Waals surface area contributed by atoms with Crippen molar-refractivity contribution in [1.29, 1.82) is 0 Å². The van der Waals surface area contributed by atoms with E-state index in [4.69, 9.17) is 5.11 Å². The Kier molecular flexibility index (Phi) is 3.27. The normalized spacial score (nSPS) is 31.9. The van der Waals surface area contributed by atoms with E-state index in [0.29, 0.717) is 6.04 Å². The number of carbonyl (C=O) groups is 1. The Bertz CT molecular complexity index is 196. The molecule has 0 aromatic heterocycles. The first kappa shape index (κ1) is 10.5. The summed E-state index contributed by atoms with van der Waals surface area (Å²) in [6, 6.07) is 0.478. The summed E-state index contributed by atoms with van der Waals surface area (Å²) in [5.41, 5.74) is 0. The maximum absolute atomic E-state index is 10.6. The van der Waals surface area contributed by atoms with Gasteiger partial charge in [-0.05, 0) is 21.0 Å². The number of piperazine rings is 1. The van der Waals surface area contributed by atoms with Gasteiger partial charge in [-0.2, -0.15) is 0 Å². The number of aliphatic carboxylic acids is 1. The van der Waals surface area contributed by atoms with Crippen LogP contribution in [0.5, 0.6) is 0 Å². The third-order valence-corrected chi connectivity index (χ3v) is 3.01. The Morgan fingerprint density at radius 3 is 2.46 bits per heavy atom. The summed E-state index contributed by atoms with van der Waals surface area (Å²) in [7, 11) is 4.05. The van der Waals surface area contributed by atoms with Crippen molar-refractivity contribution in [3.8, 4) is 0 Å². The van der Waals surface area contributed by atoms with Crippen molar-refractivity contribution in [3.63, 3.8) is 0 Å². The van der Waals surface area contributed by atoms with Crippen LogP contribution in [-0.2, 0) is 4.79 Å². The SMILES string of the molecule is C[C@H]1[C@H](CC(=O)O)N(C)CCN1C. The van der Waals surface area contributed by atoms with Gasteiger partial charge in [0.2, 0.25) is 0 Å². The smallest absolute Gasteiger partial charge is 0.304 e. The van der Waals surface area contributed by atoms with Gasteiger partial charge in [0.05, 0.1) is 6.42 Å². The van der Waals surface area contributed by atoms with Crippen LogP contribution in [0, 0.1) is 0 Å². The van der Waals surface area contributed by atoms with Crippen molar-refractivity contribution >= 4 is 5.97 Å². The van der Waals surface area contributed by atoms with Crippen molar-refractivity contribution in [2.24, 2.45) is 0 Å². The molecule has 1 aliphatic heterocycles. The van der Waals surface area contributed by atoms with Gasteiger partial charge in [-0.15, -0.1) is 0 Å². The molecule has 13 heavy (non-hydrogen) atoms. The molecule has 2 atom stereocenters. The predicted octanol–water partition coefficient (Wildman–Crippen LogP) is 0.0954. The van der Waals surface area contributed by atoms with Gasteiger partial charge >= 0.3 is 5.97 Å². The zero-order valence-electron chi connectivity index (χ0n) is 8.53. The van der Waals surface area contributed by atoms with Crippen LogP contribution in [0.1, 0.15) is 13.3 Å². The Morgan fingerprint density at radius 2 is 1.92 bits per heavy atom. The van der Waals surface area contributed by atoms with E-state index in [-0.39, 0.29) is 12.5 Å². The lowest BCUT2D eigenvalue weighted by atomic mass is 10.0. The minimum atomic E-state index is -0.709. The highest BCUT2D eigenvalue weighted by Gasteiger charge is 2.30. The van der Waals surface area contributed by atoms with Crippen molar-refractivity contribution in [3.05, 3.63) is 0 Å². The van der Waals surface area contributed by atoms with Crippen molar-refractivity contribution in [2.45, 2.75) is 25.4 Å². The van der Waals surface area contributed by atoms with E-state index >= 15 is 0 Å². The van der Waals surface area contributed by atoms with Crippen LogP contribution >= 0.6 is 0 Å². The summed E-state index contributed by atoms with van der Waals surface area (Å²) in [4.78, 5) is 15.0. The molecular formula is C9H18N2O2. The average molecular weight is 186 g/mol. The third-order valence-electron chi connectivity index (χ3n) is 3.01. The number of carboxylic acid groups (broad SMARTS) is 1. The number of nitrogens with zero attached hydrogens (tertiary/aromatic N) is 2. The van der Waals surface area contributed by atoms with Gasteiger partial charge in [0.1, 0.15) is 0 Å². The topological polar surface area (TPSA) is 43.8 Å². The molecule has 1 aliphatic rings. The molecule has 1 N–H and O–H groups in total. The minimum Gasteiger partial charge on any atom is -0.481 e. The monoisotopic (exact) mass is 186 g/mol. The van der Waals surface area contributed by atoms with E-state index in [0.717, 1.165) is 13.1 Å². The van der Waals surface area contributed by atoms with Crippen LogP contribution in [0.15, 0.2) is 0 Å². The van der Waals surface area contributed by atoms with Crippen molar-refractivity contribution in [2.75, 3.05) is 27.2 Å². The molecule has 1 saturated heterocycles. The van der Waals surface area contributed by atoms with Gasteiger partial charge in [0.15, 0.2) is 0 Å². The lowest BCUT2D eigenvalue weighted by Crippen LogP contribution is -2.56. The van der Waals surface area contributed by atoms with Gasteiger partial charge < -0.3 is 14.9 Å². The molecular weight excluding hydrogens is 168 g/mol. The fourth-order valence-electron chi connectivity index (χ4n) is 1.85. The highest BCUT2D eigenvalue weighted by atomic mass is 16.4. The van der Waals surface area contributed by atoms with Crippen molar-refractivity contribution < 1.29 is 9.90 Å². The van der Waals surface area contributed by atoms with Crippen LogP contribution in [0.3, 0.4) is 0 Å². The first-order valence-corrected chi connectivity index (χ1v) is 4.64. The van der Waals surface area contributed by atoms with E-state index in [1.165, 1.54) is 0 Å². The standard InChI is InChI=1S/C9H18N2O2/c1-7-8(6-9(12)13)11(3)5-4-10(7)2/h7-8H,4-6H2,1-3H3,(H,12,13)/t7-,8-/m0/s1. The Balaban J connectivity index is 2.60. The summed E-state index contributed by atoms with van der Waals surface area (Å²) < 4.78 is 0. The van der Waals surface area contributed by atoms with E-state index < -0.39 is 5.97 Å². The fraction of sp³-hybridized carbons (Fsp3) is 0.889.